The molecule has 0 atom stereocenters. The highest BCUT2D eigenvalue weighted by molar-refractivity contribution is 7.92. The van der Waals surface area contributed by atoms with Crippen LogP contribution in [0.3, 0.4) is 0 Å². The van der Waals surface area contributed by atoms with Crippen LogP contribution in [0.5, 0.6) is 0 Å². The number of aliphatic carboxylic acids is 1. The fraction of sp³-hybridized carbons (Fsp3) is 0.778. The number of carboxylic acid groups (broad SMARTS) is 1. The van der Waals surface area contributed by atoms with Crippen molar-refractivity contribution in [3.05, 3.63) is 0 Å². The Bertz CT molecular complexity index is 347. The van der Waals surface area contributed by atoms with E-state index in [0.29, 0.717) is 0 Å². The first kappa shape index (κ1) is 14.9. The largest absolute Gasteiger partial charge is 0.481 e. The van der Waals surface area contributed by atoms with Crippen molar-refractivity contribution in [2.45, 2.75) is 20.3 Å². The molecule has 2 N–H and O–H groups in total. The van der Waals surface area contributed by atoms with Crippen LogP contribution >= 0.6 is 0 Å². The summed E-state index contributed by atoms with van der Waals surface area (Å²) in [6.07, 6.45) is -0.212. The van der Waals surface area contributed by atoms with Gasteiger partial charge in [0.25, 0.3) is 0 Å². The van der Waals surface area contributed by atoms with E-state index in [9.17, 15) is 18.0 Å². The summed E-state index contributed by atoms with van der Waals surface area (Å²) in [5, 5.41) is 10.6. The second-order valence-corrected chi connectivity index (χ2v) is 6.05. The minimum Gasteiger partial charge on any atom is -0.481 e. The highest BCUT2D eigenvalue weighted by atomic mass is 32.2. The number of carbonyl (C=O) groups excluding carboxylic acids is 1. The predicted molar refractivity (Wildman–Crippen MR) is 58.8 cm³/mol. The molecule has 0 aromatic carbocycles. The van der Waals surface area contributed by atoms with Gasteiger partial charge >= 0.3 is 5.97 Å². The lowest BCUT2D eigenvalue weighted by atomic mass is 10.3. The van der Waals surface area contributed by atoms with Gasteiger partial charge in [0.2, 0.25) is 5.91 Å². The molecule has 0 saturated carbocycles. The normalized spacial score (nSPS) is 11.4. The Morgan fingerprint density at radius 3 is 2.31 bits per heavy atom. The van der Waals surface area contributed by atoms with E-state index in [-0.39, 0.29) is 24.6 Å². The molecule has 16 heavy (non-hydrogen) atoms. The van der Waals surface area contributed by atoms with Crippen molar-refractivity contribution in [1.82, 2.24) is 5.32 Å². The van der Waals surface area contributed by atoms with E-state index in [1.54, 1.807) is 13.8 Å². The lowest BCUT2D eigenvalue weighted by molar-refractivity contribution is -0.136. The number of hydrogen-bond donors (Lipinski definition) is 2. The van der Waals surface area contributed by atoms with Gasteiger partial charge in [-0.3, -0.25) is 9.59 Å². The summed E-state index contributed by atoms with van der Waals surface area (Å²) in [7, 11) is -3.39. The first-order valence-corrected chi connectivity index (χ1v) is 6.74. The van der Waals surface area contributed by atoms with E-state index in [1.165, 1.54) is 0 Å². The third-order valence-electron chi connectivity index (χ3n) is 1.60. The Morgan fingerprint density at radius 1 is 1.31 bits per heavy atom. The van der Waals surface area contributed by atoms with Crippen molar-refractivity contribution in [2.75, 3.05) is 18.1 Å². The number of carbonyl (C=O) groups is 2. The average Bonchev–Trinajstić information content (AvgIpc) is 1.98. The summed E-state index contributed by atoms with van der Waals surface area (Å²) in [6, 6.07) is 0. The quantitative estimate of drug-likeness (QED) is 0.644. The summed E-state index contributed by atoms with van der Waals surface area (Å²) in [6.45, 7) is 3.45. The van der Waals surface area contributed by atoms with Crippen molar-refractivity contribution in [1.29, 1.82) is 0 Å². The molecule has 0 unspecified atom stereocenters. The van der Waals surface area contributed by atoms with Crippen molar-refractivity contribution in [3.63, 3.8) is 0 Å². The van der Waals surface area contributed by atoms with E-state index in [2.05, 4.69) is 5.32 Å². The summed E-state index contributed by atoms with van der Waals surface area (Å²) >= 11 is 0. The molecular formula is C9H17NO5S. The Balaban J connectivity index is 4.00. The fourth-order valence-corrected chi connectivity index (χ4v) is 2.76. The molecule has 94 valence electrons. The van der Waals surface area contributed by atoms with Crippen LogP contribution in [0.1, 0.15) is 20.3 Å². The molecule has 1 amide bonds. The van der Waals surface area contributed by atoms with Gasteiger partial charge in [-0.15, -0.1) is 0 Å². The van der Waals surface area contributed by atoms with Gasteiger partial charge in [-0.2, -0.15) is 0 Å². The molecule has 6 nitrogen and oxygen atoms in total. The molecule has 0 radical (unpaired) electrons. The van der Waals surface area contributed by atoms with Crippen LogP contribution in [0.15, 0.2) is 0 Å². The van der Waals surface area contributed by atoms with Crippen LogP contribution in [0.2, 0.25) is 0 Å². The number of hydrogen-bond acceptors (Lipinski definition) is 4. The molecule has 7 heteroatoms. The van der Waals surface area contributed by atoms with Crippen molar-refractivity contribution < 1.29 is 23.1 Å². The van der Waals surface area contributed by atoms with Gasteiger partial charge in [0.15, 0.2) is 9.84 Å². The third-order valence-corrected chi connectivity index (χ3v) is 3.48. The Kier molecular flexibility index (Phi) is 6.02. The summed E-state index contributed by atoms with van der Waals surface area (Å²) < 4.78 is 22.7. The van der Waals surface area contributed by atoms with Crippen LogP contribution < -0.4 is 5.32 Å². The minimum atomic E-state index is -3.39. The van der Waals surface area contributed by atoms with Gasteiger partial charge in [-0.25, -0.2) is 8.42 Å². The monoisotopic (exact) mass is 251 g/mol. The first-order chi connectivity index (χ1) is 7.23. The summed E-state index contributed by atoms with van der Waals surface area (Å²) in [5.41, 5.74) is 0. The summed E-state index contributed by atoms with van der Waals surface area (Å²) in [5.74, 6) is -2.34. The molecule has 0 aromatic rings. The predicted octanol–water partition coefficient (Wildman–Crippen LogP) is -0.352. The topological polar surface area (TPSA) is 101 Å². The number of carboxylic acids is 1. The maximum atomic E-state index is 11.4. The number of sulfone groups is 1. The second kappa shape index (κ2) is 6.47. The SMILES string of the molecule is CC(C)CS(=O)(=O)CC(=O)NCCC(=O)O. The van der Waals surface area contributed by atoms with Gasteiger partial charge in [0.1, 0.15) is 5.75 Å². The molecule has 0 heterocycles. The maximum Gasteiger partial charge on any atom is 0.305 e. The van der Waals surface area contributed by atoms with Crippen LogP contribution in [0.4, 0.5) is 0 Å². The van der Waals surface area contributed by atoms with Crippen LogP contribution in [0.25, 0.3) is 0 Å². The van der Waals surface area contributed by atoms with E-state index < -0.39 is 27.5 Å². The molecule has 0 aliphatic rings. The standard InChI is InChI=1S/C9H17NO5S/c1-7(2)5-16(14,15)6-8(11)10-4-3-9(12)13/h7H,3-6H2,1-2H3,(H,10,11)(H,12,13). The molecule has 0 saturated heterocycles. The molecule has 0 aliphatic carbocycles. The maximum absolute atomic E-state index is 11.4. The summed E-state index contributed by atoms with van der Waals surface area (Å²) in [4.78, 5) is 21.3. The molecule has 0 bridgehead atoms. The van der Waals surface area contributed by atoms with Crippen LogP contribution in [-0.2, 0) is 19.4 Å². The molecule has 0 spiro atoms. The Hall–Kier alpha value is -1.11. The van der Waals surface area contributed by atoms with Crippen molar-refractivity contribution in [2.24, 2.45) is 5.92 Å². The zero-order valence-electron chi connectivity index (χ0n) is 9.39. The molecule has 0 aliphatic heterocycles. The number of amides is 1. The van der Waals surface area contributed by atoms with Crippen molar-refractivity contribution >= 4 is 21.7 Å². The molecule has 0 aromatic heterocycles. The Morgan fingerprint density at radius 2 is 1.88 bits per heavy atom. The van der Waals surface area contributed by atoms with Gasteiger partial charge in [-0.05, 0) is 5.92 Å². The van der Waals surface area contributed by atoms with E-state index >= 15 is 0 Å². The lowest BCUT2D eigenvalue weighted by Gasteiger charge is -2.07. The molecular weight excluding hydrogens is 234 g/mol. The smallest absolute Gasteiger partial charge is 0.305 e. The molecule has 0 rings (SSSR count). The lowest BCUT2D eigenvalue weighted by Crippen LogP contribution is -2.33. The Labute approximate surface area is 95.0 Å². The first-order valence-electron chi connectivity index (χ1n) is 4.92. The van der Waals surface area contributed by atoms with Crippen LogP contribution in [0, 0.1) is 5.92 Å². The highest BCUT2D eigenvalue weighted by Gasteiger charge is 2.17. The zero-order chi connectivity index (χ0) is 12.8. The molecule has 0 fully saturated rings. The number of rotatable bonds is 7. The van der Waals surface area contributed by atoms with E-state index in [4.69, 9.17) is 5.11 Å². The minimum absolute atomic E-state index is 0.0307. The number of nitrogens with one attached hydrogen (secondary N) is 1. The van der Waals surface area contributed by atoms with Crippen LogP contribution in [-0.4, -0.2) is 43.5 Å². The van der Waals surface area contributed by atoms with E-state index in [1.807, 2.05) is 0 Å². The van der Waals surface area contributed by atoms with Crippen molar-refractivity contribution in [3.8, 4) is 0 Å². The third kappa shape index (κ3) is 8.22. The average molecular weight is 251 g/mol. The van der Waals surface area contributed by atoms with Gasteiger partial charge < -0.3 is 10.4 Å². The second-order valence-electron chi connectivity index (χ2n) is 3.94. The van der Waals surface area contributed by atoms with Gasteiger partial charge in [-0.1, -0.05) is 13.8 Å². The highest BCUT2D eigenvalue weighted by Crippen LogP contribution is 2.00. The fourth-order valence-electron chi connectivity index (χ4n) is 1.13. The van der Waals surface area contributed by atoms with Gasteiger partial charge in [0.05, 0.1) is 12.2 Å². The van der Waals surface area contributed by atoms with Gasteiger partial charge in [0, 0.05) is 6.54 Å². The van der Waals surface area contributed by atoms with E-state index in [0.717, 1.165) is 0 Å². The zero-order valence-corrected chi connectivity index (χ0v) is 10.2.